The van der Waals surface area contributed by atoms with E-state index in [1.165, 1.54) is 0 Å². The number of carboxylic acids is 1. The molecular weight excluding hydrogens is 322 g/mol. The number of phenols is 2. The molecule has 1 atom stereocenters. The summed E-state index contributed by atoms with van der Waals surface area (Å²) in [7, 11) is 0. The normalized spacial score (nSPS) is 10.5. The first-order chi connectivity index (χ1) is 12.0. The zero-order valence-corrected chi connectivity index (χ0v) is 14.4. The summed E-state index contributed by atoms with van der Waals surface area (Å²) in [6.07, 6.45) is 1.17. The second-order valence-electron chi connectivity index (χ2n) is 5.03. The number of phenolic OH excluding ortho intramolecular Hbond substituents is 2. The number of para-hydroxylation sites is 2. The van der Waals surface area contributed by atoms with E-state index >= 15 is 0 Å². The Labute approximate surface area is 148 Å². The molecule has 0 spiro atoms. The molecule has 5 N–H and O–H groups in total. The van der Waals surface area contributed by atoms with Crippen LogP contribution in [0.5, 0.6) is 11.5 Å². The van der Waals surface area contributed by atoms with E-state index in [0.717, 1.165) is 6.42 Å². The fraction of sp³-hybridized carbons (Fsp3) is 0.316. The summed E-state index contributed by atoms with van der Waals surface area (Å²) in [6.45, 7) is 2.55. The minimum Gasteiger partial charge on any atom is -0.508 e. The number of aliphatic hydroxyl groups excluding tert-OH is 1. The van der Waals surface area contributed by atoms with Crippen LogP contribution in [-0.2, 0) is 4.79 Å². The van der Waals surface area contributed by atoms with Gasteiger partial charge in [-0.1, -0.05) is 43.3 Å². The number of benzene rings is 2. The second kappa shape index (κ2) is 15.0. The van der Waals surface area contributed by atoms with Crippen molar-refractivity contribution >= 4 is 5.97 Å². The zero-order valence-electron chi connectivity index (χ0n) is 14.4. The lowest BCUT2D eigenvalue weighted by atomic mass is 10.2. The number of aromatic hydroxyl groups is 2. The molecule has 2 rings (SSSR count). The average molecular weight is 349 g/mol. The Hall–Kier alpha value is -2.57. The van der Waals surface area contributed by atoms with Crippen LogP contribution < -0.4 is 5.32 Å². The predicted octanol–water partition coefficient (Wildman–Crippen LogP) is 2.61. The van der Waals surface area contributed by atoms with Crippen LogP contribution >= 0.6 is 0 Å². The van der Waals surface area contributed by atoms with Gasteiger partial charge in [-0.15, -0.1) is 0 Å². The third-order valence-corrected chi connectivity index (χ3v) is 2.87. The first-order valence-corrected chi connectivity index (χ1v) is 8.06. The van der Waals surface area contributed by atoms with Crippen LogP contribution in [-0.4, -0.2) is 45.6 Å². The van der Waals surface area contributed by atoms with Crippen LogP contribution in [0, 0.1) is 0 Å². The summed E-state index contributed by atoms with van der Waals surface area (Å²) in [5.74, 6) is -0.252. The topological polar surface area (TPSA) is 110 Å². The predicted molar refractivity (Wildman–Crippen MR) is 97.6 cm³/mol. The Morgan fingerprint density at radius 1 is 0.960 bits per heavy atom. The van der Waals surface area contributed by atoms with Gasteiger partial charge in [0, 0.05) is 6.61 Å². The molecule has 0 bridgehead atoms. The van der Waals surface area contributed by atoms with Crippen LogP contribution in [0.1, 0.15) is 19.8 Å². The molecule has 0 saturated carbocycles. The first kappa shape index (κ1) is 22.4. The average Bonchev–Trinajstić information content (AvgIpc) is 2.61. The van der Waals surface area contributed by atoms with Gasteiger partial charge in [-0.2, -0.15) is 0 Å². The molecule has 0 unspecified atom stereocenters. The molecular formula is C19H27NO5. The van der Waals surface area contributed by atoms with Crippen LogP contribution in [0.4, 0.5) is 0 Å². The van der Waals surface area contributed by atoms with Gasteiger partial charge in [0.15, 0.2) is 0 Å². The summed E-state index contributed by atoms with van der Waals surface area (Å²) in [5, 5.41) is 37.1. The molecule has 2 aromatic carbocycles. The molecule has 0 aliphatic heterocycles. The van der Waals surface area contributed by atoms with Crippen molar-refractivity contribution in [2.24, 2.45) is 0 Å². The van der Waals surface area contributed by atoms with E-state index in [0.29, 0.717) is 18.0 Å². The number of aliphatic carboxylic acids is 1. The fourth-order valence-electron chi connectivity index (χ4n) is 1.62. The highest BCUT2D eigenvalue weighted by Gasteiger charge is 2.14. The number of rotatable bonds is 6. The van der Waals surface area contributed by atoms with Gasteiger partial charge in [0.05, 0.1) is 0 Å². The first-order valence-electron chi connectivity index (χ1n) is 8.06. The largest absolute Gasteiger partial charge is 0.508 e. The third-order valence-electron chi connectivity index (χ3n) is 2.87. The summed E-state index contributed by atoms with van der Waals surface area (Å²) >= 11 is 0. The maximum atomic E-state index is 10.4. The van der Waals surface area contributed by atoms with Crippen molar-refractivity contribution in [2.45, 2.75) is 25.8 Å². The number of hydrogen-bond donors (Lipinski definition) is 5. The van der Waals surface area contributed by atoms with Crippen LogP contribution in [0.2, 0.25) is 0 Å². The number of aliphatic hydroxyl groups is 1. The van der Waals surface area contributed by atoms with Crippen LogP contribution in [0.25, 0.3) is 0 Å². The second-order valence-corrected chi connectivity index (χ2v) is 5.03. The summed E-state index contributed by atoms with van der Waals surface area (Å²) in [4.78, 5) is 10.4. The zero-order chi connectivity index (χ0) is 18.9. The lowest BCUT2D eigenvalue weighted by Gasteiger charge is -2.11. The molecule has 0 aromatic heterocycles. The van der Waals surface area contributed by atoms with Crippen LogP contribution in [0.15, 0.2) is 60.7 Å². The lowest BCUT2D eigenvalue weighted by Crippen LogP contribution is -2.37. The maximum Gasteiger partial charge on any atom is 0.320 e. The Kier molecular flexibility index (Phi) is 13.4. The maximum absolute atomic E-state index is 10.4. The van der Waals surface area contributed by atoms with Gasteiger partial charge in [-0.3, -0.25) is 4.79 Å². The highest BCUT2D eigenvalue weighted by atomic mass is 16.4. The Morgan fingerprint density at radius 3 is 1.64 bits per heavy atom. The van der Waals surface area contributed by atoms with Crippen molar-refractivity contribution in [2.75, 3.05) is 13.2 Å². The molecule has 6 heteroatoms. The highest BCUT2D eigenvalue weighted by molar-refractivity contribution is 5.73. The van der Waals surface area contributed by atoms with Gasteiger partial charge in [0.25, 0.3) is 0 Å². The molecule has 6 nitrogen and oxygen atoms in total. The number of carbonyl (C=O) groups is 1. The molecule has 0 heterocycles. The van der Waals surface area contributed by atoms with Crippen molar-refractivity contribution < 1.29 is 25.2 Å². The van der Waals surface area contributed by atoms with Crippen molar-refractivity contribution in [1.29, 1.82) is 0 Å². The van der Waals surface area contributed by atoms with Gasteiger partial charge in [0.1, 0.15) is 17.5 Å². The van der Waals surface area contributed by atoms with E-state index in [-0.39, 0.29) is 13.0 Å². The molecule has 0 aliphatic carbocycles. The molecule has 138 valence electrons. The van der Waals surface area contributed by atoms with E-state index in [2.05, 4.69) is 5.32 Å². The molecule has 25 heavy (non-hydrogen) atoms. The van der Waals surface area contributed by atoms with Crippen molar-refractivity contribution in [1.82, 2.24) is 5.32 Å². The number of hydrogen-bond acceptors (Lipinski definition) is 5. The summed E-state index contributed by atoms with van der Waals surface area (Å²) in [6, 6.07) is 16.8. The van der Waals surface area contributed by atoms with Crippen molar-refractivity contribution in [3.8, 4) is 11.5 Å². The molecule has 2 aromatic rings. The van der Waals surface area contributed by atoms with Crippen molar-refractivity contribution in [3.05, 3.63) is 60.7 Å². The minimum absolute atomic E-state index is 0.0896. The van der Waals surface area contributed by atoms with E-state index in [4.69, 9.17) is 20.4 Å². The van der Waals surface area contributed by atoms with Gasteiger partial charge in [0.2, 0.25) is 0 Å². The van der Waals surface area contributed by atoms with E-state index in [1.807, 2.05) is 19.1 Å². The summed E-state index contributed by atoms with van der Waals surface area (Å²) < 4.78 is 0. The van der Waals surface area contributed by atoms with Gasteiger partial charge in [-0.25, -0.2) is 0 Å². The molecule has 0 radical (unpaired) electrons. The standard InChI is InChI=1S/C7H15NO3.2C6H6O/c1-2-4-8-6(3-5-9)7(10)11;2*7-6-4-2-1-3-5-6/h6,8-9H,2-5H2,1H3,(H,10,11);2*1-5,7H/t6-;;/m0../s1. The minimum atomic E-state index is -0.896. The third kappa shape index (κ3) is 13.6. The van der Waals surface area contributed by atoms with Crippen molar-refractivity contribution in [3.63, 3.8) is 0 Å². The quantitative estimate of drug-likeness (QED) is 0.548. The molecule has 0 amide bonds. The molecule has 0 fully saturated rings. The lowest BCUT2D eigenvalue weighted by molar-refractivity contribution is -0.139. The van der Waals surface area contributed by atoms with E-state index < -0.39 is 12.0 Å². The Morgan fingerprint density at radius 2 is 1.40 bits per heavy atom. The molecule has 0 aliphatic rings. The Bertz CT molecular complexity index is 511. The number of carboxylic acid groups (broad SMARTS) is 1. The smallest absolute Gasteiger partial charge is 0.320 e. The number of nitrogens with one attached hydrogen (secondary N) is 1. The van der Waals surface area contributed by atoms with Crippen LogP contribution in [0.3, 0.4) is 0 Å². The van der Waals surface area contributed by atoms with Gasteiger partial charge in [-0.05, 0) is 43.7 Å². The Balaban J connectivity index is 0.000000358. The SMILES string of the molecule is CCCN[C@@H](CCO)C(=O)O.Oc1ccccc1.Oc1ccccc1. The van der Waals surface area contributed by atoms with Gasteiger partial charge < -0.3 is 25.7 Å². The fourth-order valence-corrected chi connectivity index (χ4v) is 1.62. The van der Waals surface area contributed by atoms with E-state index in [1.54, 1.807) is 48.5 Å². The van der Waals surface area contributed by atoms with E-state index in [9.17, 15) is 4.79 Å². The summed E-state index contributed by atoms with van der Waals surface area (Å²) in [5.41, 5.74) is 0. The monoisotopic (exact) mass is 349 g/mol. The van der Waals surface area contributed by atoms with Gasteiger partial charge >= 0.3 is 5.97 Å². The highest BCUT2D eigenvalue weighted by Crippen LogP contribution is 2.03. The molecule has 0 saturated heterocycles.